The van der Waals surface area contributed by atoms with Crippen LogP contribution in [-0.2, 0) is 6.42 Å². The summed E-state index contributed by atoms with van der Waals surface area (Å²) in [6.07, 6.45) is 14.1. The zero-order valence-corrected chi connectivity index (χ0v) is 16.9. The predicted molar refractivity (Wildman–Crippen MR) is 114 cm³/mol. The van der Waals surface area contributed by atoms with Crippen molar-refractivity contribution >= 4 is 10.8 Å². The first-order valence-corrected chi connectivity index (χ1v) is 11.0. The Labute approximate surface area is 163 Å². The first kappa shape index (κ1) is 18.7. The molecule has 4 unspecified atom stereocenters. The molecule has 1 heteroatoms. The minimum Gasteiger partial charge on any atom is -0.206 e. The van der Waals surface area contributed by atoms with Gasteiger partial charge in [-0.05, 0) is 92.1 Å². The van der Waals surface area contributed by atoms with Crippen LogP contribution in [0.25, 0.3) is 10.8 Å². The van der Waals surface area contributed by atoms with Crippen molar-refractivity contribution in [2.45, 2.75) is 71.1 Å². The Morgan fingerprint density at radius 1 is 1.00 bits per heavy atom. The second-order valence-electron chi connectivity index (χ2n) is 9.08. The molecule has 2 aliphatic rings. The molecule has 0 N–H and O–H groups in total. The quantitative estimate of drug-likeness (QED) is 0.485. The van der Waals surface area contributed by atoms with Gasteiger partial charge >= 0.3 is 0 Å². The zero-order valence-electron chi connectivity index (χ0n) is 16.9. The first-order valence-electron chi connectivity index (χ1n) is 11.0. The van der Waals surface area contributed by atoms with Crippen molar-refractivity contribution in [3.05, 3.63) is 59.4 Å². The number of halogens is 1. The molecule has 2 fully saturated rings. The molecule has 0 heterocycles. The molecule has 2 aromatic carbocycles. The highest BCUT2D eigenvalue weighted by Crippen LogP contribution is 2.47. The zero-order chi connectivity index (χ0) is 18.8. The van der Waals surface area contributed by atoms with E-state index in [-0.39, 0.29) is 5.82 Å². The molecule has 4 rings (SSSR count). The second-order valence-corrected chi connectivity index (χ2v) is 9.08. The van der Waals surface area contributed by atoms with Gasteiger partial charge < -0.3 is 0 Å². The Morgan fingerprint density at radius 3 is 2.67 bits per heavy atom. The summed E-state index contributed by atoms with van der Waals surface area (Å²) >= 11 is 0. The second kappa shape index (κ2) is 8.17. The van der Waals surface area contributed by atoms with Gasteiger partial charge in [0, 0.05) is 5.39 Å². The maximum atomic E-state index is 14.9. The highest BCUT2D eigenvalue weighted by Gasteiger charge is 2.34. The molecule has 2 aromatic rings. The molecule has 0 spiro atoms. The molecule has 0 bridgehead atoms. The van der Waals surface area contributed by atoms with Gasteiger partial charge in [0.1, 0.15) is 5.82 Å². The number of rotatable bonds is 4. The summed E-state index contributed by atoms with van der Waals surface area (Å²) in [5, 5.41) is 1.86. The van der Waals surface area contributed by atoms with Crippen molar-refractivity contribution in [2.24, 2.45) is 17.8 Å². The van der Waals surface area contributed by atoms with E-state index in [9.17, 15) is 4.39 Å². The van der Waals surface area contributed by atoms with Gasteiger partial charge in [-0.25, -0.2) is 4.39 Å². The third-order valence-electron chi connectivity index (χ3n) is 7.22. The lowest BCUT2D eigenvalue weighted by Crippen LogP contribution is -2.29. The molecule has 2 saturated carbocycles. The lowest BCUT2D eigenvalue weighted by atomic mass is 9.64. The lowest BCUT2D eigenvalue weighted by molar-refractivity contribution is 0.124. The molecule has 0 radical (unpaired) electrons. The van der Waals surface area contributed by atoms with Crippen LogP contribution in [0.1, 0.15) is 75.8 Å². The lowest BCUT2D eigenvalue weighted by Gasteiger charge is -2.41. The van der Waals surface area contributed by atoms with E-state index in [0.29, 0.717) is 5.92 Å². The van der Waals surface area contributed by atoms with E-state index < -0.39 is 0 Å². The number of hydrogen-bond donors (Lipinski definition) is 0. The third-order valence-corrected chi connectivity index (χ3v) is 7.22. The van der Waals surface area contributed by atoms with Crippen molar-refractivity contribution in [1.29, 1.82) is 0 Å². The van der Waals surface area contributed by atoms with Crippen LogP contribution in [0.3, 0.4) is 0 Å². The molecule has 0 amide bonds. The van der Waals surface area contributed by atoms with Crippen LogP contribution in [0.5, 0.6) is 0 Å². The molecule has 0 nitrogen and oxygen atoms in total. The molecule has 0 aliphatic heterocycles. The van der Waals surface area contributed by atoms with E-state index in [0.717, 1.165) is 46.9 Å². The molecule has 4 atom stereocenters. The molecular formula is C26H33F. The van der Waals surface area contributed by atoms with Gasteiger partial charge in [0.15, 0.2) is 0 Å². The average molecular weight is 365 g/mol. The van der Waals surface area contributed by atoms with E-state index in [2.05, 4.69) is 31.2 Å². The molecule has 2 aliphatic carbocycles. The van der Waals surface area contributed by atoms with Crippen molar-refractivity contribution in [2.75, 3.05) is 0 Å². The van der Waals surface area contributed by atoms with E-state index in [1.54, 1.807) is 0 Å². The summed E-state index contributed by atoms with van der Waals surface area (Å²) in [4.78, 5) is 0. The summed E-state index contributed by atoms with van der Waals surface area (Å²) in [5.41, 5.74) is 2.27. The Balaban J connectivity index is 1.53. The van der Waals surface area contributed by atoms with Crippen LogP contribution in [0.15, 0.2) is 42.5 Å². The fraction of sp³-hybridized carbons (Fsp3) is 0.538. The Bertz CT molecular complexity index is 818. The van der Waals surface area contributed by atoms with Crippen molar-refractivity contribution < 1.29 is 4.39 Å². The Kier molecular flexibility index (Phi) is 5.66. The number of aryl methyl sites for hydroxylation is 1. The minimum atomic E-state index is -0.0199. The van der Waals surface area contributed by atoms with Crippen LogP contribution in [0.4, 0.5) is 4.39 Å². The van der Waals surface area contributed by atoms with Crippen molar-refractivity contribution in [1.82, 2.24) is 0 Å². The molecule has 144 valence electrons. The molecule has 0 aromatic heterocycles. The Hall–Kier alpha value is -1.63. The van der Waals surface area contributed by atoms with Gasteiger partial charge in [-0.1, -0.05) is 55.8 Å². The highest BCUT2D eigenvalue weighted by atomic mass is 19.1. The van der Waals surface area contributed by atoms with E-state index in [1.165, 1.54) is 44.1 Å². The van der Waals surface area contributed by atoms with Crippen LogP contribution in [-0.4, -0.2) is 0 Å². The van der Waals surface area contributed by atoms with Crippen molar-refractivity contribution in [3.8, 4) is 0 Å². The maximum Gasteiger partial charge on any atom is 0.134 e. The van der Waals surface area contributed by atoms with Gasteiger partial charge in [-0.3, -0.25) is 0 Å². The smallest absolute Gasteiger partial charge is 0.134 e. The highest BCUT2D eigenvalue weighted by molar-refractivity contribution is 5.84. The van der Waals surface area contributed by atoms with E-state index in [4.69, 9.17) is 0 Å². The average Bonchev–Trinajstić information content (AvgIpc) is 2.69. The normalized spacial score (nSPS) is 28.6. The third kappa shape index (κ3) is 3.98. The minimum absolute atomic E-state index is 0.0199. The monoisotopic (exact) mass is 364 g/mol. The number of hydrogen-bond acceptors (Lipinski definition) is 0. The van der Waals surface area contributed by atoms with Crippen molar-refractivity contribution in [3.63, 3.8) is 0 Å². The molecule has 27 heavy (non-hydrogen) atoms. The van der Waals surface area contributed by atoms with E-state index >= 15 is 0 Å². The number of allylic oxidation sites excluding steroid dienone is 2. The van der Waals surface area contributed by atoms with Gasteiger partial charge in [-0.2, -0.15) is 0 Å². The van der Waals surface area contributed by atoms with E-state index in [1.807, 2.05) is 25.1 Å². The van der Waals surface area contributed by atoms with Crippen LogP contribution in [0.2, 0.25) is 0 Å². The fourth-order valence-electron chi connectivity index (χ4n) is 5.63. The van der Waals surface area contributed by atoms with Crippen LogP contribution in [0, 0.1) is 23.6 Å². The fourth-order valence-corrected chi connectivity index (χ4v) is 5.63. The summed E-state index contributed by atoms with van der Waals surface area (Å²) in [7, 11) is 0. The topological polar surface area (TPSA) is 0 Å². The summed E-state index contributed by atoms with van der Waals surface area (Å²) in [6, 6.07) is 10.6. The Morgan fingerprint density at radius 2 is 1.81 bits per heavy atom. The summed E-state index contributed by atoms with van der Waals surface area (Å²) in [6.45, 7) is 4.44. The van der Waals surface area contributed by atoms with Gasteiger partial charge in [0.05, 0.1) is 0 Å². The maximum absolute atomic E-state index is 14.9. The largest absolute Gasteiger partial charge is 0.206 e. The van der Waals surface area contributed by atoms with Gasteiger partial charge in [0.25, 0.3) is 0 Å². The standard InChI is InChI=1S/C26H33F/c1-3-4-5-6-19-9-12-24-17-23(13-14-25(24)26(19)27)22-11-10-20-15-18(2)7-8-21(20)16-22/h3-4,9,12-14,17-18,20-22H,5-8,10-11,15-16H2,1-2H3. The van der Waals surface area contributed by atoms with Gasteiger partial charge in [0.2, 0.25) is 0 Å². The first-order chi connectivity index (χ1) is 13.2. The number of fused-ring (bicyclic) bond motifs is 2. The predicted octanol–water partition coefficient (Wildman–Crippen LogP) is 7.81. The van der Waals surface area contributed by atoms with Crippen LogP contribution < -0.4 is 0 Å². The molecular weight excluding hydrogens is 331 g/mol. The number of benzene rings is 2. The summed E-state index contributed by atoms with van der Waals surface area (Å²) < 4.78 is 14.9. The molecule has 0 saturated heterocycles. The summed E-state index contributed by atoms with van der Waals surface area (Å²) in [5.74, 6) is 3.45. The van der Waals surface area contributed by atoms with Gasteiger partial charge in [-0.15, -0.1) is 0 Å². The van der Waals surface area contributed by atoms with Crippen LogP contribution >= 0.6 is 0 Å². The SMILES string of the molecule is CC=CCCc1ccc2cc(C3CCC4CC(C)CCC4C3)ccc2c1F.